The van der Waals surface area contributed by atoms with Crippen LogP contribution in [0.1, 0.15) is 22.4 Å². The molecule has 0 atom stereocenters. The third kappa shape index (κ3) is 4.72. The Balaban J connectivity index is 1.61. The first-order valence-electron chi connectivity index (χ1n) is 8.85. The molecule has 0 spiro atoms. The van der Waals surface area contributed by atoms with Crippen LogP contribution in [0.25, 0.3) is 0 Å². The predicted molar refractivity (Wildman–Crippen MR) is 107 cm³/mol. The largest absolute Gasteiger partial charge is 0.487 e. The van der Waals surface area contributed by atoms with Gasteiger partial charge in [0.25, 0.3) is 0 Å². The second-order valence-corrected chi connectivity index (χ2v) is 7.69. The highest BCUT2D eigenvalue weighted by atomic mass is 35.5. The van der Waals surface area contributed by atoms with Crippen LogP contribution in [0, 0.1) is 19.8 Å². The molecule has 0 unspecified atom stereocenters. The molecule has 1 N–H and O–H groups in total. The number of carbonyl (C=O) groups is 1. The maximum Gasteiger partial charge on any atom is 0.225 e. The lowest BCUT2D eigenvalue weighted by molar-refractivity contribution is -0.129. The van der Waals surface area contributed by atoms with E-state index in [2.05, 4.69) is 27.3 Å². The lowest BCUT2D eigenvalue weighted by atomic mass is 9.97. The van der Waals surface area contributed by atoms with Crippen LogP contribution in [-0.2, 0) is 17.9 Å². The van der Waals surface area contributed by atoms with Gasteiger partial charge in [-0.05, 0) is 42.7 Å². The number of halogens is 2. The average molecular weight is 408 g/mol. The Labute approximate surface area is 169 Å². The first-order chi connectivity index (χ1) is 12.9. The van der Waals surface area contributed by atoms with E-state index in [4.69, 9.17) is 27.9 Å². The molecule has 0 aliphatic carbocycles. The Bertz CT molecular complexity index is 828. The SMILES string of the molecule is CNC(=O)C1CN(Cc2cc(C)c(OCc3ccc(Cl)c(Cl)n3)c(C)c2)C1. The second-order valence-electron chi connectivity index (χ2n) is 6.93. The highest BCUT2D eigenvalue weighted by Crippen LogP contribution is 2.28. The zero-order valence-corrected chi connectivity index (χ0v) is 17.2. The molecule has 0 saturated carbocycles. The van der Waals surface area contributed by atoms with Gasteiger partial charge in [-0.1, -0.05) is 35.3 Å². The van der Waals surface area contributed by atoms with Gasteiger partial charge in [0.05, 0.1) is 16.6 Å². The van der Waals surface area contributed by atoms with Gasteiger partial charge in [-0.25, -0.2) is 4.98 Å². The zero-order chi connectivity index (χ0) is 19.6. The average Bonchev–Trinajstić information content (AvgIpc) is 2.59. The summed E-state index contributed by atoms with van der Waals surface area (Å²) >= 11 is 11.9. The first-order valence-corrected chi connectivity index (χ1v) is 9.60. The van der Waals surface area contributed by atoms with Crippen LogP contribution in [0.3, 0.4) is 0 Å². The molecule has 0 radical (unpaired) electrons. The molecule has 144 valence electrons. The topological polar surface area (TPSA) is 54.5 Å². The third-order valence-corrected chi connectivity index (χ3v) is 5.42. The van der Waals surface area contributed by atoms with Crippen LogP contribution in [0.4, 0.5) is 0 Å². The number of rotatable bonds is 6. The smallest absolute Gasteiger partial charge is 0.225 e. The van der Waals surface area contributed by atoms with Crippen LogP contribution < -0.4 is 10.1 Å². The number of benzene rings is 1. The Morgan fingerprint density at radius 1 is 1.26 bits per heavy atom. The van der Waals surface area contributed by atoms with Crippen molar-refractivity contribution in [2.24, 2.45) is 5.92 Å². The number of ether oxygens (including phenoxy) is 1. The number of likely N-dealkylation sites (tertiary alicyclic amines) is 1. The van der Waals surface area contributed by atoms with Crippen molar-refractivity contribution >= 4 is 29.1 Å². The third-order valence-electron chi connectivity index (χ3n) is 4.73. The molecule has 5 nitrogen and oxygen atoms in total. The predicted octanol–water partition coefficient (Wildman–Crippen LogP) is 3.76. The molecule has 1 aromatic carbocycles. The minimum absolute atomic E-state index is 0.110. The monoisotopic (exact) mass is 407 g/mol. The van der Waals surface area contributed by atoms with E-state index >= 15 is 0 Å². The fourth-order valence-corrected chi connectivity index (χ4v) is 3.64. The number of hydrogen-bond donors (Lipinski definition) is 1. The van der Waals surface area contributed by atoms with Crippen molar-refractivity contribution in [3.05, 3.63) is 56.8 Å². The molecule has 1 fully saturated rings. The van der Waals surface area contributed by atoms with E-state index in [1.165, 1.54) is 5.56 Å². The molecule has 1 aromatic heterocycles. The van der Waals surface area contributed by atoms with E-state index in [9.17, 15) is 4.79 Å². The number of nitrogens with one attached hydrogen (secondary N) is 1. The number of pyridine rings is 1. The van der Waals surface area contributed by atoms with Gasteiger partial charge in [-0.15, -0.1) is 0 Å². The van der Waals surface area contributed by atoms with Crippen molar-refractivity contribution in [2.45, 2.75) is 27.0 Å². The molecule has 1 aliphatic heterocycles. The molecule has 2 heterocycles. The fraction of sp³-hybridized carbons (Fsp3) is 0.400. The number of aryl methyl sites for hydroxylation is 2. The summed E-state index contributed by atoms with van der Waals surface area (Å²) in [6.45, 7) is 6.86. The Morgan fingerprint density at radius 2 is 1.93 bits per heavy atom. The molecule has 1 amide bonds. The van der Waals surface area contributed by atoms with E-state index in [0.717, 1.165) is 42.2 Å². The molecule has 27 heavy (non-hydrogen) atoms. The van der Waals surface area contributed by atoms with Crippen LogP contribution >= 0.6 is 23.2 Å². The van der Waals surface area contributed by atoms with Gasteiger partial charge in [0.1, 0.15) is 17.5 Å². The quantitative estimate of drug-likeness (QED) is 0.740. The van der Waals surface area contributed by atoms with Crippen LogP contribution in [0.15, 0.2) is 24.3 Å². The summed E-state index contributed by atoms with van der Waals surface area (Å²) in [4.78, 5) is 18.1. The highest BCUT2D eigenvalue weighted by molar-refractivity contribution is 6.41. The second kappa shape index (κ2) is 8.46. The molecule has 1 saturated heterocycles. The van der Waals surface area contributed by atoms with E-state index in [1.807, 2.05) is 13.8 Å². The Hall–Kier alpha value is -1.82. The lowest BCUT2D eigenvalue weighted by Gasteiger charge is -2.38. The molecule has 1 aliphatic rings. The van der Waals surface area contributed by atoms with Crippen LogP contribution in [0.5, 0.6) is 5.75 Å². The first kappa shape index (κ1) is 19.9. The van der Waals surface area contributed by atoms with Gasteiger partial charge in [0.15, 0.2) is 0 Å². The summed E-state index contributed by atoms with van der Waals surface area (Å²) < 4.78 is 5.98. The van der Waals surface area contributed by atoms with Gasteiger partial charge in [-0.3, -0.25) is 9.69 Å². The normalized spacial score (nSPS) is 14.7. The Kier molecular flexibility index (Phi) is 6.25. The number of aromatic nitrogens is 1. The highest BCUT2D eigenvalue weighted by Gasteiger charge is 2.31. The lowest BCUT2D eigenvalue weighted by Crippen LogP contribution is -2.52. The van der Waals surface area contributed by atoms with Gasteiger partial charge in [-0.2, -0.15) is 0 Å². The fourth-order valence-electron chi connectivity index (χ4n) is 3.37. The van der Waals surface area contributed by atoms with Crippen molar-refractivity contribution in [1.29, 1.82) is 0 Å². The van der Waals surface area contributed by atoms with Crippen LogP contribution in [0.2, 0.25) is 10.2 Å². The van der Waals surface area contributed by atoms with Gasteiger partial charge in [0, 0.05) is 26.7 Å². The molecule has 3 rings (SSSR count). The van der Waals surface area contributed by atoms with E-state index < -0.39 is 0 Å². The summed E-state index contributed by atoms with van der Waals surface area (Å²) in [5.74, 6) is 1.09. The minimum atomic E-state index is 0.110. The molecule has 7 heteroatoms. The number of nitrogens with zero attached hydrogens (tertiary/aromatic N) is 2. The summed E-state index contributed by atoms with van der Waals surface area (Å²) in [7, 11) is 1.68. The van der Waals surface area contributed by atoms with Crippen molar-refractivity contribution in [1.82, 2.24) is 15.2 Å². The van der Waals surface area contributed by atoms with E-state index in [0.29, 0.717) is 11.6 Å². The molecular weight excluding hydrogens is 385 g/mol. The summed E-state index contributed by atoms with van der Waals surface area (Å²) in [5, 5.41) is 3.42. The minimum Gasteiger partial charge on any atom is -0.487 e. The maximum atomic E-state index is 11.6. The summed E-state index contributed by atoms with van der Waals surface area (Å²) in [5.41, 5.74) is 4.11. The standard InChI is InChI=1S/C20H23Cl2N3O2/c1-12-6-14(8-25-9-15(10-25)20(26)23-3)7-13(2)18(12)27-11-16-4-5-17(21)19(22)24-16/h4-7,15H,8-11H2,1-3H3,(H,23,26). The van der Waals surface area contributed by atoms with Gasteiger partial charge in [0.2, 0.25) is 5.91 Å². The van der Waals surface area contributed by atoms with Crippen molar-refractivity contribution in [2.75, 3.05) is 20.1 Å². The maximum absolute atomic E-state index is 11.6. The van der Waals surface area contributed by atoms with Crippen molar-refractivity contribution in [3.8, 4) is 5.75 Å². The van der Waals surface area contributed by atoms with E-state index in [1.54, 1.807) is 19.2 Å². The van der Waals surface area contributed by atoms with Crippen molar-refractivity contribution in [3.63, 3.8) is 0 Å². The number of hydrogen-bond acceptors (Lipinski definition) is 4. The molecule has 0 bridgehead atoms. The number of carbonyl (C=O) groups excluding carboxylic acids is 1. The molecule has 2 aromatic rings. The summed E-state index contributed by atoms with van der Waals surface area (Å²) in [6, 6.07) is 7.80. The number of amides is 1. The van der Waals surface area contributed by atoms with Gasteiger partial charge >= 0.3 is 0 Å². The van der Waals surface area contributed by atoms with Crippen LogP contribution in [-0.4, -0.2) is 35.9 Å². The zero-order valence-electron chi connectivity index (χ0n) is 15.7. The Morgan fingerprint density at radius 3 is 2.52 bits per heavy atom. The van der Waals surface area contributed by atoms with E-state index in [-0.39, 0.29) is 17.0 Å². The molecular formula is C20H23Cl2N3O2. The van der Waals surface area contributed by atoms with Crippen molar-refractivity contribution < 1.29 is 9.53 Å². The van der Waals surface area contributed by atoms with Gasteiger partial charge < -0.3 is 10.1 Å². The summed E-state index contributed by atoms with van der Waals surface area (Å²) in [6.07, 6.45) is 0.